The van der Waals surface area contributed by atoms with Gasteiger partial charge in [-0.1, -0.05) is 58.4 Å². The van der Waals surface area contributed by atoms with E-state index in [1.165, 1.54) is 41.8 Å². The Kier molecular flexibility index (Phi) is 11.5. The number of fused-ring (bicyclic) bond motifs is 2. The Hall–Kier alpha value is -1.78. The van der Waals surface area contributed by atoms with Crippen LogP contribution >= 0.6 is 0 Å². The van der Waals surface area contributed by atoms with Gasteiger partial charge in [-0.25, -0.2) is 9.97 Å². The molecule has 0 atom stereocenters. The van der Waals surface area contributed by atoms with Gasteiger partial charge in [-0.2, -0.15) is 0 Å². The van der Waals surface area contributed by atoms with E-state index in [1.807, 2.05) is 20.0 Å². The average Bonchev–Trinajstić information content (AvgIpc) is 2.70. The van der Waals surface area contributed by atoms with Crippen LogP contribution in [0.5, 0.6) is 0 Å². The normalized spacial score (nSPS) is 15.5. The molecule has 150 valence electrons. The molecule has 0 spiro atoms. The van der Waals surface area contributed by atoms with Crippen LogP contribution in [-0.4, -0.2) is 47.0 Å². The van der Waals surface area contributed by atoms with E-state index in [0.717, 1.165) is 26.1 Å². The summed E-state index contributed by atoms with van der Waals surface area (Å²) in [6.07, 6.45) is 7.07. The molecule has 1 aromatic carbocycles. The van der Waals surface area contributed by atoms with E-state index in [1.54, 1.807) is 6.33 Å². The summed E-state index contributed by atoms with van der Waals surface area (Å²) in [5, 5.41) is 0. The van der Waals surface area contributed by atoms with Gasteiger partial charge in [0, 0.05) is 50.1 Å². The fourth-order valence-corrected chi connectivity index (χ4v) is 3.04. The van der Waals surface area contributed by atoms with Crippen LogP contribution in [0.2, 0.25) is 0 Å². The summed E-state index contributed by atoms with van der Waals surface area (Å²) in [5.74, 6) is 0. The van der Waals surface area contributed by atoms with E-state index in [4.69, 9.17) is 0 Å². The number of hydrogen-bond acceptors (Lipinski definition) is 4. The highest BCUT2D eigenvalue weighted by Crippen LogP contribution is 2.16. The summed E-state index contributed by atoms with van der Waals surface area (Å²) in [5.41, 5.74) is 5.53. The first-order valence-corrected chi connectivity index (χ1v) is 10.4. The van der Waals surface area contributed by atoms with E-state index in [0.29, 0.717) is 0 Å². The minimum Gasteiger partial charge on any atom is -0.302 e. The van der Waals surface area contributed by atoms with Gasteiger partial charge >= 0.3 is 0 Å². The molecule has 27 heavy (non-hydrogen) atoms. The molecular weight excluding hydrogens is 332 g/mol. The van der Waals surface area contributed by atoms with Crippen LogP contribution in [0.3, 0.4) is 0 Å². The molecule has 0 saturated carbocycles. The first-order valence-electron chi connectivity index (χ1n) is 10.4. The van der Waals surface area contributed by atoms with Crippen molar-refractivity contribution in [2.75, 3.05) is 27.2 Å². The number of rotatable bonds is 0. The molecule has 1 aromatic heterocycles. The number of aromatic nitrogens is 2. The smallest absolute Gasteiger partial charge is 0.115 e. The van der Waals surface area contributed by atoms with Gasteiger partial charge in [-0.05, 0) is 31.6 Å². The predicted octanol–water partition coefficient (Wildman–Crippen LogP) is 4.58. The molecule has 0 aliphatic carbocycles. The molecule has 4 heteroatoms. The summed E-state index contributed by atoms with van der Waals surface area (Å²) in [4.78, 5) is 12.9. The van der Waals surface area contributed by atoms with E-state index in [9.17, 15) is 0 Å². The molecule has 0 fully saturated rings. The van der Waals surface area contributed by atoms with E-state index < -0.39 is 0 Å². The van der Waals surface area contributed by atoms with Crippen molar-refractivity contribution in [2.45, 2.75) is 60.0 Å². The molecule has 2 aliphatic heterocycles. The molecule has 0 saturated heterocycles. The molecule has 4 rings (SSSR count). The Bertz CT molecular complexity index is 586. The average molecular weight is 371 g/mol. The first-order chi connectivity index (χ1) is 13.1. The van der Waals surface area contributed by atoms with Crippen molar-refractivity contribution in [1.29, 1.82) is 0 Å². The van der Waals surface area contributed by atoms with Crippen LogP contribution in [0, 0.1) is 0 Å². The van der Waals surface area contributed by atoms with Crippen LogP contribution in [0.15, 0.2) is 36.8 Å². The number of hydrogen-bond donors (Lipinski definition) is 0. The third-order valence-electron chi connectivity index (χ3n) is 4.37. The van der Waals surface area contributed by atoms with E-state index >= 15 is 0 Å². The molecule has 2 aromatic rings. The lowest BCUT2D eigenvalue weighted by atomic mass is 10.0. The molecular formula is C23H38N4. The standard InChI is InChI=1S/C10H13N.C8H11N3.C3H8.C2H6/c1-11-7-6-9-4-2-3-5-10(9)8-11;1-11-3-2-8-7(5-11)4-9-6-10-8;1-3-2;1-2/h2-5H,6-8H2,1H3;4,6H,2-3,5H2,1H3;3H2,1-2H3;1-2H3. The maximum Gasteiger partial charge on any atom is 0.115 e. The maximum absolute atomic E-state index is 4.22. The van der Waals surface area contributed by atoms with E-state index in [-0.39, 0.29) is 0 Å². The highest BCUT2D eigenvalue weighted by Gasteiger charge is 2.13. The van der Waals surface area contributed by atoms with Crippen LogP contribution in [0.4, 0.5) is 0 Å². The van der Waals surface area contributed by atoms with Gasteiger partial charge in [0.05, 0.1) is 0 Å². The van der Waals surface area contributed by atoms with E-state index in [2.05, 4.69) is 72.0 Å². The third kappa shape index (κ3) is 8.19. The van der Waals surface area contributed by atoms with Gasteiger partial charge in [0.25, 0.3) is 0 Å². The van der Waals surface area contributed by atoms with Crippen LogP contribution in [0.1, 0.15) is 56.5 Å². The zero-order valence-electron chi connectivity index (χ0n) is 18.2. The first kappa shape index (κ1) is 23.3. The highest BCUT2D eigenvalue weighted by atomic mass is 15.1. The van der Waals surface area contributed by atoms with Gasteiger partial charge in [-0.15, -0.1) is 0 Å². The van der Waals surface area contributed by atoms with Crippen molar-refractivity contribution < 1.29 is 0 Å². The Balaban J connectivity index is 0.000000219. The van der Waals surface area contributed by atoms with Crippen molar-refractivity contribution in [3.63, 3.8) is 0 Å². The Morgan fingerprint density at radius 1 is 0.852 bits per heavy atom. The molecule has 0 radical (unpaired) electrons. The summed E-state index contributed by atoms with van der Waals surface area (Å²) in [6, 6.07) is 8.72. The van der Waals surface area contributed by atoms with Gasteiger partial charge in [0.1, 0.15) is 6.33 Å². The van der Waals surface area contributed by atoms with Crippen molar-refractivity contribution in [3.05, 3.63) is 59.2 Å². The summed E-state index contributed by atoms with van der Waals surface area (Å²) < 4.78 is 0. The number of nitrogens with zero attached hydrogens (tertiary/aromatic N) is 4. The Labute approximate surface area is 166 Å². The van der Waals surface area contributed by atoms with Crippen molar-refractivity contribution in [1.82, 2.24) is 19.8 Å². The fourth-order valence-electron chi connectivity index (χ4n) is 3.04. The SMILES string of the molecule is CC.CCC.CN1CCc2ccccc2C1.CN1CCc2ncncc2C1. The van der Waals surface area contributed by atoms with Gasteiger partial charge in [0.2, 0.25) is 0 Å². The minimum atomic E-state index is 0.996. The summed E-state index contributed by atoms with van der Waals surface area (Å²) in [7, 11) is 4.30. The predicted molar refractivity (Wildman–Crippen MR) is 116 cm³/mol. The third-order valence-corrected chi connectivity index (χ3v) is 4.37. The summed E-state index contributed by atoms with van der Waals surface area (Å²) >= 11 is 0. The topological polar surface area (TPSA) is 32.3 Å². The molecule has 0 unspecified atom stereocenters. The zero-order chi connectivity index (χ0) is 20.1. The highest BCUT2D eigenvalue weighted by molar-refractivity contribution is 5.28. The Morgan fingerprint density at radius 2 is 1.41 bits per heavy atom. The zero-order valence-corrected chi connectivity index (χ0v) is 18.2. The second-order valence-corrected chi connectivity index (χ2v) is 6.95. The molecule has 4 nitrogen and oxygen atoms in total. The Morgan fingerprint density at radius 3 is 2.07 bits per heavy atom. The minimum absolute atomic E-state index is 0.996. The second kappa shape index (κ2) is 13.4. The van der Waals surface area contributed by atoms with Crippen molar-refractivity contribution in [2.24, 2.45) is 0 Å². The van der Waals surface area contributed by atoms with Gasteiger partial charge in [-0.3, -0.25) is 0 Å². The summed E-state index contributed by atoms with van der Waals surface area (Å²) in [6.45, 7) is 12.7. The van der Waals surface area contributed by atoms with Crippen LogP contribution in [0.25, 0.3) is 0 Å². The molecule has 0 N–H and O–H groups in total. The number of benzene rings is 1. The molecule has 0 amide bonds. The molecule has 2 aliphatic rings. The van der Waals surface area contributed by atoms with Gasteiger partial charge in [0.15, 0.2) is 0 Å². The number of likely N-dealkylation sites (N-methyl/N-ethyl adjacent to an activating group) is 2. The molecule has 0 bridgehead atoms. The monoisotopic (exact) mass is 370 g/mol. The van der Waals surface area contributed by atoms with Crippen LogP contribution in [-0.2, 0) is 25.9 Å². The maximum atomic E-state index is 4.22. The largest absolute Gasteiger partial charge is 0.302 e. The van der Waals surface area contributed by atoms with Crippen molar-refractivity contribution in [3.8, 4) is 0 Å². The molecule has 3 heterocycles. The van der Waals surface area contributed by atoms with Gasteiger partial charge < -0.3 is 9.80 Å². The lowest BCUT2D eigenvalue weighted by molar-refractivity contribution is 0.309. The quantitative estimate of drug-likeness (QED) is 0.679. The second-order valence-electron chi connectivity index (χ2n) is 6.95. The van der Waals surface area contributed by atoms with Crippen molar-refractivity contribution >= 4 is 0 Å². The lowest BCUT2D eigenvalue weighted by Crippen LogP contribution is -2.27. The fraction of sp³-hybridized carbons (Fsp3) is 0.565. The van der Waals surface area contributed by atoms with Crippen LogP contribution < -0.4 is 0 Å². The lowest BCUT2D eigenvalue weighted by Gasteiger charge is -2.24.